The summed E-state index contributed by atoms with van der Waals surface area (Å²) in [5.74, 6) is 0.741. The Hall–Kier alpha value is -1.30. The van der Waals surface area contributed by atoms with Crippen LogP contribution >= 0.6 is 11.6 Å². The van der Waals surface area contributed by atoms with Crippen LogP contribution in [-0.2, 0) is 4.79 Å². The lowest BCUT2D eigenvalue weighted by molar-refractivity contribution is -0.136. The summed E-state index contributed by atoms with van der Waals surface area (Å²) in [4.78, 5) is 19.4. The van der Waals surface area contributed by atoms with Gasteiger partial charge in [0.25, 0.3) is 5.91 Å². The molecule has 1 aromatic rings. The lowest BCUT2D eigenvalue weighted by atomic mass is 9.85. The Morgan fingerprint density at radius 2 is 1.80 bits per heavy atom. The molecule has 6 heteroatoms. The fourth-order valence-corrected chi connectivity index (χ4v) is 4.12. The van der Waals surface area contributed by atoms with Crippen LogP contribution in [0.3, 0.4) is 0 Å². The predicted octanol–water partition coefficient (Wildman–Crippen LogP) is 2.35. The molecule has 0 aliphatic carbocycles. The number of carbonyl (C=O) groups excluding carboxylic acids is 1. The van der Waals surface area contributed by atoms with Gasteiger partial charge in [0.2, 0.25) is 0 Å². The number of nitrogens with zero attached hydrogens (tertiary/aromatic N) is 3. The first-order valence-corrected chi connectivity index (χ1v) is 9.42. The van der Waals surface area contributed by atoms with Crippen molar-refractivity contribution in [2.75, 3.05) is 53.4 Å². The topological polar surface area (TPSA) is 36.0 Å². The van der Waals surface area contributed by atoms with Crippen molar-refractivity contribution in [3.05, 3.63) is 29.3 Å². The van der Waals surface area contributed by atoms with Crippen LogP contribution in [0, 0.1) is 0 Å². The molecule has 0 radical (unpaired) electrons. The van der Waals surface area contributed by atoms with Crippen LogP contribution in [0.5, 0.6) is 5.75 Å². The Bertz CT molecular complexity index is 585. The van der Waals surface area contributed by atoms with Crippen LogP contribution in [0.25, 0.3) is 0 Å². The van der Waals surface area contributed by atoms with Gasteiger partial charge in [-0.2, -0.15) is 0 Å². The van der Waals surface area contributed by atoms with Gasteiger partial charge in [-0.15, -0.1) is 0 Å². The van der Waals surface area contributed by atoms with Crippen molar-refractivity contribution in [2.45, 2.75) is 24.8 Å². The van der Waals surface area contributed by atoms with Gasteiger partial charge >= 0.3 is 0 Å². The minimum Gasteiger partial charge on any atom is -0.484 e. The molecule has 0 saturated carbocycles. The van der Waals surface area contributed by atoms with E-state index in [0.717, 1.165) is 45.6 Å². The number of ether oxygens (including phenoxy) is 1. The van der Waals surface area contributed by atoms with Crippen molar-refractivity contribution in [3.63, 3.8) is 0 Å². The van der Waals surface area contributed by atoms with Crippen molar-refractivity contribution in [2.24, 2.45) is 0 Å². The van der Waals surface area contributed by atoms with Gasteiger partial charge in [0.05, 0.1) is 0 Å². The van der Waals surface area contributed by atoms with E-state index in [0.29, 0.717) is 10.8 Å². The van der Waals surface area contributed by atoms with Crippen molar-refractivity contribution in [1.29, 1.82) is 0 Å². The summed E-state index contributed by atoms with van der Waals surface area (Å²) >= 11 is 5.86. The number of benzene rings is 1. The Morgan fingerprint density at radius 1 is 1.12 bits per heavy atom. The van der Waals surface area contributed by atoms with Crippen LogP contribution in [0.4, 0.5) is 0 Å². The average molecular weight is 366 g/mol. The molecule has 0 atom stereocenters. The number of likely N-dealkylation sites (N-methyl/N-ethyl adjacent to an activating group) is 2. The maximum atomic E-state index is 12.5. The molecule has 1 spiro atoms. The summed E-state index contributed by atoms with van der Waals surface area (Å²) in [7, 11) is 4.44. The monoisotopic (exact) mass is 365 g/mol. The summed E-state index contributed by atoms with van der Waals surface area (Å²) < 4.78 is 5.60. The molecule has 0 N–H and O–H groups in total. The smallest absolute Gasteiger partial charge is 0.260 e. The van der Waals surface area contributed by atoms with E-state index in [2.05, 4.69) is 23.9 Å². The molecular formula is C19H28ClN3O2. The van der Waals surface area contributed by atoms with E-state index in [1.54, 1.807) is 24.3 Å². The van der Waals surface area contributed by atoms with Gasteiger partial charge in [-0.05, 0) is 70.7 Å². The zero-order valence-electron chi connectivity index (χ0n) is 15.2. The van der Waals surface area contributed by atoms with Gasteiger partial charge in [0, 0.05) is 30.2 Å². The van der Waals surface area contributed by atoms with E-state index in [1.165, 1.54) is 6.42 Å². The Labute approximate surface area is 155 Å². The molecule has 2 fully saturated rings. The van der Waals surface area contributed by atoms with Gasteiger partial charge < -0.3 is 14.5 Å². The molecular weight excluding hydrogens is 338 g/mol. The number of likely N-dealkylation sites (tertiary alicyclic amines) is 1. The van der Waals surface area contributed by atoms with Crippen LogP contribution < -0.4 is 4.74 Å². The van der Waals surface area contributed by atoms with Crippen LogP contribution in [0.15, 0.2) is 24.3 Å². The van der Waals surface area contributed by atoms with Crippen LogP contribution in [0.1, 0.15) is 19.3 Å². The lowest BCUT2D eigenvalue weighted by Gasteiger charge is -2.47. The molecule has 0 aromatic heterocycles. The second-order valence-electron chi connectivity index (χ2n) is 7.36. The van der Waals surface area contributed by atoms with Crippen molar-refractivity contribution >= 4 is 17.5 Å². The van der Waals surface area contributed by atoms with E-state index in [4.69, 9.17) is 16.3 Å². The van der Waals surface area contributed by atoms with Crippen LogP contribution in [0.2, 0.25) is 5.02 Å². The van der Waals surface area contributed by atoms with E-state index >= 15 is 0 Å². The van der Waals surface area contributed by atoms with E-state index in [-0.39, 0.29) is 18.1 Å². The van der Waals surface area contributed by atoms with Crippen LogP contribution in [-0.4, -0.2) is 79.6 Å². The number of hydrogen-bond donors (Lipinski definition) is 0. The molecule has 1 aromatic carbocycles. The number of amides is 1. The van der Waals surface area contributed by atoms with Crippen molar-refractivity contribution in [3.8, 4) is 5.75 Å². The lowest BCUT2D eigenvalue weighted by Crippen LogP contribution is -2.58. The van der Waals surface area contributed by atoms with Gasteiger partial charge in [-0.25, -0.2) is 0 Å². The summed E-state index contributed by atoms with van der Waals surface area (Å²) in [5.41, 5.74) is 0.207. The fraction of sp³-hybridized carbons (Fsp3) is 0.632. The first kappa shape index (κ1) is 18.5. The largest absolute Gasteiger partial charge is 0.484 e. The molecule has 2 aliphatic rings. The highest BCUT2D eigenvalue weighted by Crippen LogP contribution is 2.31. The Kier molecular flexibility index (Phi) is 5.87. The second kappa shape index (κ2) is 7.94. The third-order valence-electron chi connectivity index (χ3n) is 5.63. The molecule has 138 valence electrons. The molecule has 5 nitrogen and oxygen atoms in total. The van der Waals surface area contributed by atoms with Crippen molar-refractivity contribution in [1.82, 2.24) is 14.7 Å². The Morgan fingerprint density at radius 3 is 2.48 bits per heavy atom. The molecule has 2 heterocycles. The maximum Gasteiger partial charge on any atom is 0.260 e. The van der Waals surface area contributed by atoms with Gasteiger partial charge in [0.1, 0.15) is 5.75 Å². The quantitative estimate of drug-likeness (QED) is 0.823. The summed E-state index contributed by atoms with van der Waals surface area (Å²) in [6.45, 7) is 5.08. The summed E-state index contributed by atoms with van der Waals surface area (Å²) in [6, 6.07) is 7.11. The SMILES string of the molecule is CN1CCCN(C)C2(CCN(C(=O)COc3ccc(Cl)cc3)CC2)C1. The van der Waals surface area contributed by atoms with Crippen molar-refractivity contribution < 1.29 is 9.53 Å². The molecule has 25 heavy (non-hydrogen) atoms. The van der Waals surface area contributed by atoms with E-state index in [9.17, 15) is 4.79 Å². The van der Waals surface area contributed by atoms with Gasteiger partial charge in [0.15, 0.2) is 6.61 Å². The summed E-state index contributed by atoms with van der Waals surface area (Å²) in [6.07, 6.45) is 3.27. The number of rotatable bonds is 3. The number of piperidine rings is 1. The molecule has 3 rings (SSSR count). The highest BCUT2D eigenvalue weighted by Gasteiger charge is 2.40. The number of halogens is 1. The molecule has 2 aliphatic heterocycles. The molecule has 2 saturated heterocycles. The van der Waals surface area contributed by atoms with Gasteiger partial charge in [-0.1, -0.05) is 11.6 Å². The molecule has 0 unspecified atom stereocenters. The Balaban J connectivity index is 1.52. The molecule has 0 bridgehead atoms. The first-order chi connectivity index (χ1) is 12.0. The summed E-state index contributed by atoms with van der Waals surface area (Å²) in [5, 5.41) is 0.664. The third-order valence-corrected chi connectivity index (χ3v) is 5.88. The van der Waals surface area contributed by atoms with E-state index < -0.39 is 0 Å². The van der Waals surface area contributed by atoms with Gasteiger partial charge in [-0.3, -0.25) is 9.69 Å². The average Bonchev–Trinajstić information content (AvgIpc) is 2.74. The second-order valence-corrected chi connectivity index (χ2v) is 7.80. The first-order valence-electron chi connectivity index (χ1n) is 9.04. The zero-order valence-corrected chi connectivity index (χ0v) is 16.0. The standard InChI is InChI=1S/C19H28ClN3O2/c1-21-10-3-11-22(2)19(15-21)8-12-23(13-9-19)18(24)14-25-17-6-4-16(20)5-7-17/h4-7H,3,8-15H2,1-2H3. The zero-order chi connectivity index (χ0) is 17.9. The van der Waals surface area contributed by atoms with E-state index in [1.807, 2.05) is 4.90 Å². The highest BCUT2D eigenvalue weighted by atomic mass is 35.5. The minimum absolute atomic E-state index is 0.0643. The minimum atomic E-state index is 0.0643. The highest BCUT2D eigenvalue weighted by molar-refractivity contribution is 6.30. The third kappa shape index (κ3) is 4.46. The predicted molar refractivity (Wildman–Crippen MR) is 100 cm³/mol. The number of hydrogen-bond acceptors (Lipinski definition) is 4. The maximum absolute atomic E-state index is 12.5. The fourth-order valence-electron chi connectivity index (χ4n) is 4.00. The number of carbonyl (C=O) groups is 1. The normalized spacial score (nSPS) is 22.0. The molecule has 1 amide bonds.